The lowest BCUT2D eigenvalue weighted by atomic mass is 9.88. The third-order valence-corrected chi connectivity index (χ3v) is 5.36. The molecule has 2 atom stereocenters. The standard InChI is InChI=1S/C15H28N2O/c1-12(10-18-2)17-9-14(13-5-6-13)16-11-15(17)7-3-4-8-15/h12-14,16H,3-11H2,1-2H3. The molecule has 18 heavy (non-hydrogen) atoms. The summed E-state index contributed by atoms with van der Waals surface area (Å²) < 4.78 is 5.41. The van der Waals surface area contributed by atoms with Crippen molar-refractivity contribution >= 4 is 0 Å². The van der Waals surface area contributed by atoms with Crippen molar-refractivity contribution in [3.8, 4) is 0 Å². The predicted molar refractivity (Wildman–Crippen MR) is 73.8 cm³/mol. The maximum Gasteiger partial charge on any atom is 0.0615 e. The number of ether oxygens (including phenoxy) is 1. The van der Waals surface area contributed by atoms with Gasteiger partial charge in [-0.05, 0) is 38.5 Å². The number of rotatable bonds is 4. The second-order valence-corrected chi connectivity index (χ2v) is 6.71. The van der Waals surface area contributed by atoms with E-state index in [1.807, 2.05) is 7.11 Å². The van der Waals surface area contributed by atoms with Gasteiger partial charge in [0, 0.05) is 37.8 Å². The molecule has 3 fully saturated rings. The molecule has 1 heterocycles. The summed E-state index contributed by atoms with van der Waals surface area (Å²) >= 11 is 0. The van der Waals surface area contributed by atoms with Crippen molar-refractivity contribution in [2.45, 2.75) is 63.1 Å². The second kappa shape index (κ2) is 5.10. The quantitative estimate of drug-likeness (QED) is 0.828. The van der Waals surface area contributed by atoms with Crippen molar-refractivity contribution < 1.29 is 4.74 Å². The van der Waals surface area contributed by atoms with Crippen LogP contribution in [0.2, 0.25) is 0 Å². The van der Waals surface area contributed by atoms with Crippen LogP contribution in [0.15, 0.2) is 0 Å². The van der Waals surface area contributed by atoms with Gasteiger partial charge in [0.1, 0.15) is 0 Å². The summed E-state index contributed by atoms with van der Waals surface area (Å²) in [6, 6.07) is 1.31. The van der Waals surface area contributed by atoms with Gasteiger partial charge in [0.25, 0.3) is 0 Å². The molecule has 0 radical (unpaired) electrons. The number of piperazine rings is 1. The Morgan fingerprint density at radius 3 is 2.67 bits per heavy atom. The van der Waals surface area contributed by atoms with Crippen LogP contribution < -0.4 is 5.32 Å². The summed E-state index contributed by atoms with van der Waals surface area (Å²) in [5, 5.41) is 3.86. The monoisotopic (exact) mass is 252 g/mol. The van der Waals surface area contributed by atoms with Crippen molar-refractivity contribution in [3.05, 3.63) is 0 Å². The zero-order valence-electron chi connectivity index (χ0n) is 12.0. The lowest BCUT2D eigenvalue weighted by Crippen LogP contribution is -2.66. The molecule has 0 aromatic heterocycles. The van der Waals surface area contributed by atoms with Gasteiger partial charge in [-0.1, -0.05) is 12.8 Å². The van der Waals surface area contributed by atoms with E-state index in [0.29, 0.717) is 11.6 Å². The number of nitrogens with zero attached hydrogens (tertiary/aromatic N) is 1. The van der Waals surface area contributed by atoms with Crippen molar-refractivity contribution in [1.29, 1.82) is 0 Å². The third-order valence-electron chi connectivity index (χ3n) is 5.36. The smallest absolute Gasteiger partial charge is 0.0615 e. The summed E-state index contributed by atoms with van der Waals surface area (Å²) in [4.78, 5) is 2.79. The number of nitrogens with one attached hydrogen (secondary N) is 1. The minimum absolute atomic E-state index is 0.448. The van der Waals surface area contributed by atoms with Crippen LogP contribution >= 0.6 is 0 Å². The van der Waals surface area contributed by atoms with E-state index >= 15 is 0 Å². The predicted octanol–water partition coefficient (Wildman–Crippen LogP) is 2.02. The van der Waals surface area contributed by atoms with Gasteiger partial charge in [-0.15, -0.1) is 0 Å². The average molecular weight is 252 g/mol. The van der Waals surface area contributed by atoms with Crippen molar-refractivity contribution in [2.24, 2.45) is 5.92 Å². The first kappa shape index (κ1) is 12.9. The fourth-order valence-electron chi connectivity index (χ4n) is 4.18. The first-order valence-electron chi connectivity index (χ1n) is 7.74. The summed E-state index contributed by atoms with van der Waals surface area (Å²) in [5.74, 6) is 0.959. The van der Waals surface area contributed by atoms with Crippen LogP contribution in [0.3, 0.4) is 0 Å². The summed E-state index contributed by atoms with van der Waals surface area (Å²) in [6.07, 6.45) is 8.46. The Kier molecular flexibility index (Phi) is 3.65. The first-order chi connectivity index (χ1) is 8.75. The SMILES string of the molecule is COCC(C)N1CC(C2CC2)NCC12CCCC2. The van der Waals surface area contributed by atoms with Gasteiger partial charge in [0.15, 0.2) is 0 Å². The van der Waals surface area contributed by atoms with E-state index in [0.717, 1.165) is 18.6 Å². The Morgan fingerprint density at radius 2 is 2.06 bits per heavy atom. The van der Waals surface area contributed by atoms with Crippen LogP contribution in [0.4, 0.5) is 0 Å². The molecule has 104 valence electrons. The van der Waals surface area contributed by atoms with Crippen LogP contribution in [0.25, 0.3) is 0 Å². The molecule has 2 aliphatic carbocycles. The van der Waals surface area contributed by atoms with E-state index in [9.17, 15) is 0 Å². The number of methoxy groups -OCH3 is 1. The number of hydrogen-bond acceptors (Lipinski definition) is 3. The Hall–Kier alpha value is -0.120. The molecule has 1 spiro atoms. The van der Waals surface area contributed by atoms with E-state index in [-0.39, 0.29) is 0 Å². The number of hydrogen-bond donors (Lipinski definition) is 1. The topological polar surface area (TPSA) is 24.5 Å². The zero-order chi connectivity index (χ0) is 12.6. The molecule has 0 amide bonds. The Balaban J connectivity index is 1.72. The van der Waals surface area contributed by atoms with Crippen molar-refractivity contribution in [3.63, 3.8) is 0 Å². The molecule has 3 rings (SSSR count). The molecule has 3 aliphatic rings. The normalized spacial score (nSPS) is 34.0. The van der Waals surface area contributed by atoms with Crippen LogP contribution in [0, 0.1) is 5.92 Å². The molecule has 1 aliphatic heterocycles. The van der Waals surface area contributed by atoms with Gasteiger partial charge >= 0.3 is 0 Å². The molecular formula is C15H28N2O. The fraction of sp³-hybridized carbons (Fsp3) is 1.00. The van der Waals surface area contributed by atoms with E-state index in [2.05, 4.69) is 17.1 Å². The zero-order valence-corrected chi connectivity index (χ0v) is 12.0. The fourth-order valence-corrected chi connectivity index (χ4v) is 4.18. The van der Waals surface area contributed by atoms with Gasteiger partial charge in [-0.2, -0.15) is 0 Å². The molecule has 1 N–H and O–H groups in total. The molecule has 3 nitrogen and oxygen atoms in total. The Bertz CT molecular complexity index is 284. The highest BCUT2D eigenvalue weighted by Crippen LogP contribution is 2.41. The highest BCUT2D eigenvalue weighted by molar-refractivity contribution is 5.05. The van der Waals surface area contributed by atoms with Crippen molar-refractivity contribution in [2.75, 3.05) is 26.8 Å². The molecule has 0 aromatic carbocycles. The largest absolute Gasteiger partial charge is 0.383 e. The van der Waals surface area contributed by atoms with E-state index in [4.69, 9.17) is 4.74 Å². The van der Waals surface area contributed by atoms with Gasteiger partial charge in [-0.3, -0.25) is 4.90 Å². The lowest BCUT2D eigenvalue weighted by Gasteiger charge is -2.51. The summed E-state index contributed by atoms with van der Waals surface area (Å²) in [7, 11) is 1.83. The van der Waals surface area contributed by atoms with Crippen LogP contribution in [-0.4, -0.2) is 49.3 Å². The molecule has 2 unspecified atom stereocenters. The third kappa shape index (κ3) is 2.33. The van der Waals surface area contributed by atoms with Crippen molar-refractivity contribution in [1.82, 2.24) is 10.2 Å². The summed E-state index contributed by atoms with van der Waals surface area (Å²) in [6.45, 7) is 5.68. The molecule has 0 bridgehead atoms. The molecule has 3 heteroatoms. The maximum absolute atomic E-state index is 5.41. The Morgan fingerprint density at radius 1 is 1.33 bits per heavy atom. The van der Waals surface area contributed by atoms with Gasteiger partial charge in [-0.25, -0.2) is 0 Å². The van der Waals surface area contributed by atoms with Crippen LogP contribution in [-0.2, 0) is 4.74 Å². The molecule has 0 aromatic rings. The van der Waals surface area contributed by atoms with Crippen LogP contribution in [0.5, 0.6) is 0 Å². The molecule has 2 saturated carbocycles. The highest BCUT2D eigenvalue weighted by Gasteiger charge is 2.47. The van der Waals surface area contributed by atoms with E-state index < -0.39 is 0 Å². The van der Waals surface area contributed by atoms with Gasteiger partial charge < -0.3 is 10.1 Å². The lowest BCUT2D eigenvalue weighted by molar-refractivity contribution is -0.0187. The highest BCUT2D eigenvalue weighted by atomic mass is 16.5. The van der Waals surface area contributed by atoms with Crippen LogP contribution in [0.1, 0.15) is 45.4 Å². The molecular weight excluding hydrogens is 224 g/mol. The van der Waals surface area contributed by atoms with Gasteiger partial charge in [0.2, 0.25) is 0 Å². The minimum Gasteiger partial charge on any atom is -0.383 e. The summed E-state index contributed by atoms with van der Waals surface area (Å²) in [5.41, 5.74) is 0.448. The van der Waals surface area contributed by atoms with Gasteiger partial charge in [0.05, 0.1) is 6.61 Å². The maximum atomic E-state index is 5.41. The molecule has 1 saturated heterocycles. The minimum atomic E-state index is 0.448. The first-order valence-corrected chi connectivity index (χ1v) is 7.74. The van der Waals surface area contributed by atoms with E-state index in [1.54, 1.807) is 0 Å². The average Bonchev–Trinajstić information content (AvgIpc) is 3.12. The van der Waals surface area contributed by atoms with E-state index in [1.165, 1.54) is 51.6 Å². The second-order valence-electron chi connectivity index (χ2n) is 6.71. The Labute approximate surface area is 111 Å².